The van der Waals surface area contributed by atoms with E-state index >= 15 is 0 Å². The number of hydrogen-bond acceptors (Lipinski definition) is 4. The van der Waals surface area contributed by atoms with E-state index in [-0.39, 0.29) is 5.91 Å². The van der Waals surface area contributed by atoms with Crippen molar-refractivity contribution < 1.29 is 9.53 Å². The van der Waals surface area contributed by atoms with E-state index in [1.165, 1.54) is 0 Å². The molecular weight excluding hydrogens is 302 g/mol. The molecule has 1 aromatic carbocycles. The lowest BCUT2D eigenvalue weighted by Crippen LogP contribution is -2.59. The molecule has 2 unspecified atom stereocenters. The Kier molecular flexibility index (Phi) is 6.63. The number of methoxy groups -OCH3 is 1. The van der Waals surface area contributed by atoms with Gasteiger partial charge in [0.1, 0.15) is 5.75 Å². The zero-order valence-electron chi connectivity index (χ0n) is 15.7. The Labute approximate surface area is 146 Å². The molecule has 0 aliphatic carbocycles. The van der Waals surface area contributed by atoms with Crippen LogP contribution in [0.15, 0.2) is 24.3 Å². The van der Waals surface area contributed by atoms with Crippen LogP contribution in [0.1, 0.15) is 19.4 Å². The first-order chi connectivity index (χ1) is 11.4. The zero-order valence-corrected chi connectivity index (χ0v) is 15.7. The lowest BCUT2D eigenvalue weighted by Gasteiger charge is -2.44. The Bertz CT molecular complexity index is 518. The summed E-state index contributed by atoms with van der Waals surface area (Å²) in [4.78, 5) is 19.4. The Morgan fingerprint density at radius 3 is 2.25 bits per heavy atom. The van der Waals surface area contributed by atoms with Crippen molar-refractivity contribution >= 4 is 5.91 Å². The van der Waals surface area contributed by atoms with Gasteiger partial charge < -0.3 is 14.5 Å². The van der Waals surface area contributed by atoms with Gasteiger partial charge in [-0.05, 0) is 45.6 Å². The monoisotopic (exact) mass is 333 g/mol. The summed E-state index contributed by atoms with van der Waals surface area (Å²) >= 11 is 0. The quantitative estimate of drug-likeness (QED) is 0.794. The number of ether oxygens (including phenoxy) is 1. The minimum atomic E-state index is 0.214. The van der Waals surface area contributed by atoms with E-state index in [0.717, 1.165) is 37.5 Å². The summed E-state index contributed by atoms with van der Waals surface area (Å²) in [5, 5.41) is 0. The topological polar surface area (TPSA) is 36.0 Å². The fourth-order valence-electron chi connectivity index (χ4n) is 3.35. The summed E-state index contributed by atoms with van der Waals surface area (Å²) in [5.74, 6) is 1.04. The zero-order chi connectivity index (χ0) is 17.7. The number of piperazine rings is 1. The van der Waals surface area contributed by atoms with Crippen molar-refractivity contribution in [1.29, 1.82) is 0 Å². The van der Waals surface area contributed by atoms with Crippen molar-refractivity contribution in [3.8, 4) is 5.75 Å². The van der Waals surface area contributed by atoms with E-state index in [4.69, 9.17) is 4.74 Å². The first kappa shape index (κ1) is 18.7. The molecule has 134 valence electrons. The van der Waals surface area contributed by atoms with E-state index in [1.807, 2.05) is 29.2 Å². The molecule has 0 aromatic heterocycles. The summed E-state index contributed by atoms with van der Waals surface area (Å²) in [7, 11) is 5.85. The number of likely N-dealkylation sites (N-methyl/N-ethyl adjacent to an activating group) is 1. The highest BCUT2D eigenvalue weighted by molar-refractivity contribution is 5.79. The highest BCUT2D eigenvalue weighted by Crippen LogP contribution is 2.18. The third kappa shape index (κ3) is 4.95. The van der Waals surface area contributed by atoms with Crippen molar-refractivity contribution in [2.24, 2.45) is 0 Å². The molecule has 2 rings (SSSR count). The number of carbonyl (C=O) groups excluding carboxylic acids is 1. The van der Waals surface area contributed by atoms with Crippen LogP contribution in [0.2, 0.25) is 0 Å². The maximum atomic E-state index is 12.7. The average molecular weight is 333 g/mol. The van der Waals surface area contributed by atoms with Gasteiger partial charge in [0.25, 0.3) is 0 Å². The molecular formula is C19H31N3O2. The summed E-state index contributed by atoms with van der Waals surface area (Å²) in [6.45, 7) is 8.17. The first-order valence-electron chi connectivity index (χ1n) is 8.72. The molecule has 1 saturated heterocycles. The summed E-state index contributed by atoms with van der Waals surface area (Å²) < 4.78 is 5.17. The fraction of sp³-hybridized carbons (Fsp3) is 0.632. The molecule has 0 bridgehead atoms. The summed E-state index contributed by atoms with van der Waals surface area (Å²) in [6.07, 6.45) is 0.459. The highest BCUT2D eigenvalue weighted by atomic mass is 16.5. The molecule has 1 aliphatic rings. The van der Waals surface area contributed by atoms with Gasteiger partial charge in [0.15, 0.2) is 0 Å². The molecule has 1 heterocycles. The van der Waals surface area contributed by atoms with Crippen LogP contribution in [0.4, 0.5) is 0 Å². The van der Waals surface area contributed by atoms with Crippen LogP contribution in [-0.4, -0.2) is 80.1 Å². The Hall–Kier alpha value is -1.59. The predicted molar refractivity (Wildman–Crippen MR) is 97.5 cm³/mol. The fourth-order valence-corrected chi connectivity index (χ4v) is 3.35. The van der Waals surface area contributed by atoms with Gasteiger partial charge in [-0.25, -0.2) is 0 Å². The van der Waals surface area contributed by atoms with Gasteiger partial charge in [-0.1, -0.05) is 12.1 Å². The Morgan fingerprint density at radius 2 is 1.75 bits per heavy atom. The molecule has 1 fully saturated rings. The van der Waals surface area contributed by atoms with E-state index < -0.39 is 0 Å². The van der Waals surface area contributed by atoms with Crippen molar-refractivity contribution in [2.45, 2.75) is 32.4 Å². The Balaban J connectivity index is 1.91. The number of nitrogens with zero attached hydrogens (tertiary/aromatic N) is 3. The maximum Gasteiger partial charge on any atom is 0.227 e. The third-order valence-corrected chi connectivity index (χ3v) is 4.77. The van der Waals surface area contributed by atoms with Gasteiger partial charge in [-0.2, -0.15) is 0 Å². The molecule has 2 atom stereocenters. The minimum absolute atomic E-state index is 0.214. The predicted octanol–water partition coefficient (Wildman–Crippen LogP) is 1.72. The number of carbonyl (C=O) groups is 1. The van der Waals surface area contributed by atoms with Gasteiger partial charge in [0.2, 0.25) is 5.91 Å². The average Bonchev–Trinajstić information content (AvgIpc) is 2.54. The molecule has 1 amide bonds. The number of benzene rings is 1. The molecule has 0 saturated carbocycles. The van der Waals surface area contributed by atoms with Crippen molar-refractivity contribution in [1.82, 2.24) is 14.7 Å². The van der Waals surface area contributed by atoms with Crippen molar-refractivity contribution in [3.63, 3.8) is 0 Å². The second-order valence-corrected chi connectivity index (χ2v) is 7.06. The summed E-state index contributed by atoms with van der Waals surface area (Å²) in [6, 6.07) is 8.55. The Morgan fingerprint density at radius 1 is 1.17 bits per heavy atom. The first-order valence-corrected chi connectivity index (χ1v) is 8.72. The van der Waals surface area contributed by atoms with Crippen LogP contribution in [0, 0.1) is 0 Å². The summed E-state index contributed by atoms with van der Waals surface area (Å²) in [5.41, 5.74) is 1.04. The maximum absolute atomic E-state index is 12.7. The van der Waals surface area contributed by atoms with Crippen LogP contribution in [0.25, 0.3) is 0 Å². The smallest absolute Gasteiger partial charge is 0.227 e. The van der Waals surface area contributed by atoms with E-state index in [2.05, 4.69) is 37.7 Å². The van der Waals surface area contributed by atoms with Crippen LogP contribution in [0.3, 0.4) is 0 Å². The second kappa shape index (κ2) is 8.49. The highest BCUT2D eigenvalue weighted by Gasteiger charge is 2.31. The van der Waals surface area contributed by atoms with Crippen LogP contribution < -0.4 is 4.74 Å². The van der Waals surface area contributed by atoms with Gasteiger partial charge in [-0.15, -0.1) is 0 Å². The minimum Gasteiger partial charge on any atom is -0.497 e. The number of hydrogen-bond donors (Lipinski definition) is 0. The van der Waals surface area contributed by atoms with Crippen LogP contribution >= 0.6 is 0 Å². The van der Waals surface area contributed by atoms with Gasteiger partial charge in [0, 0.05) is 38.3 Å². The van der Waals surface area contributed by atoms with Crippen LogP contribution in [-0.2, 0) is 11.2 Å². The van der Waals surface area contributed by atoms with E-state index in [1.54, 1.807) is 7.11 Å². The van der Waals surface area contributed by atoms with E-state index in [9.17, 15) is 4.79 Å². The molecule has 5 heteroatoms. The molecule has 0 radical (unpaired) electrons. The number of amides is 1. The van der Waals surface area contributed by atoms with Crippen LogP contribution in [0.5, 0.6) is 5.75 Å². The van der Waals surface area contributed by atoms with Gasteiger partial charge >= 0.3 is 0 Å². The second-order valence-electron chi connectivity index (χ2n) is 7.06. The van der Waals surface area contributed by atoms with Crippen molar-refractivity contribution in [2.75, 3.05) is 47.4 Å². The SMILES string of the molecule is COc1ccc(CC(=O)N2CC(C)N(CCN(C)C)C(C)C2)cc1. The normalized spacial score (nSPS) is 22.0. The lowest BCUT2D eigenvalue weighted by atomic mass is 10.1. The van der Waals surface area contributed by atoms with Gasteiger partial charge in [0.05, 0.1) is 13.5 Å². The lowest BCUT2D eigenvalue weighted by molar-refractivity contribution is -0.134. The molecule has 1 aromatic rings. The third-order valence-electron chi connectivity index (χ3n) is 4.77. The number of rotatable bonds is 6. The molecule has 5 nitrogen and oxygen atoms in total. The molecule has 0 spiro atoms. The van der Waals surface area contributed by atoms with E-state index in [0.29, 0.717) is 18.5 Å². The molecule has 1 aliphatic heterocycles. The van der Waals surface area contributed by atoms with Gasteiger partial charge in [-0.3, -0.25) is 9.69 Å². The molecule has 0 N–H and O–H groups in total. The molecule has 24 heavy (non-hydrogen) atoms. The largest absolute Gasteiger partial charge is 0.497 e. The standard InChI is InChI=1S/C19H31N3O2/c1-15-13-21(14-16(2)22(15)11-10-20(3)4)19(23)12-17-6-8-18(24-5)9-7-17/h6-9,15-16H,10-14H2,1-5H3. The van der Waals surface area contributed by atoms with Crippen molar-refractivity contribution in [3.05, 3.63) is 29.8 Å².